The van der Waals surface area contributed by atoms with E-state index in [-0.39, 0.29) is 0 Å². The summed E-state index contributed by atoms with van der Waals surface area (Å²) in [6, 6.07) is 4.21. The molecule has 0 saturated heterocycles. The lowest BCUT2D eigenvalue weighted by Crippen LogP contribution is -2.17. The standard InChI is InChI=1S/C23H26I2N2Si/c1-13-11-18(9-10-28(6,7)8)12-14(2)19(13)23(27-26)20-15(3)21(24)17(5)22(25)16(20)4/h11-12H,1-8H3. The Hall–Kier alpha value is -0.943. The second kappa shape index (κ2) is 8.82. The topological polar surface area (TPSA) is 36.4 Å². The van der Waals surface area contributed by atoms with E-state index in [0.29, 0.717) is 5.71 Å². The van der Waals surface area contributed by atoms with Crippen molar-refractivity contribution < 1.29 is 4.79 Å². The van der Waals surface area contributed by atoms with Gasteiger partial charge < -0.3 is 5.53 Å². The Balaban J connectivity index is 2.75. The Morgan fingerprint density at radius 2 is 1.32 bits per heavy atom. The lowest BCUT2D eigenvalue weighted by atomic mass is 9.88. The van der Waals surface area contributed by atoms with Gasteiger partial charge in [0.15, 0.2) is 0 Å². The van der Waals surface area contributed by atoms with E-state index in [1.165, 1.54) is 12.7 Å². The van der Waals surface area contributed by atoms with Crippen LogP contribution in [0.3, 0.4) is 0 Å². The van der Waals surface area contributed by atoms with Crippen LogP contribution >= 0.6 is 45.2 Å². The molecule has 28 heavy (non-hydrogen) atoms. The van der Waals surface area contributed by atoms with Crippen molar-refractivity contribution in [1.29, 1.82) is 0 Å². The highest BCUT2D eigenvalue weighted by molar-refractivity contribution is 14.1. The van der Waals surface area contributed by atoms with Crippen molar-refractivity contribution in [3.8, 4) is 11.5 Å². The van der Waals surface area contributed by atoms with Crippen LogP contribution in [0.25, 0.3) is 5.53 Å². The summed E-state index contributed by atoms with van der Waals surface area (Å²) in [7, 11) is -1.43. The summed E-state index contributed by atoms with van der Waals surface area (Å²) < 4.78 is 2.44. The molecule has 0 unspecified atom stereocenters. The quantitative estimate of drug-likeness (QED) is 0.0901. The van der Waals surface area contributed by atoms with Gasteiger partial charge in [-0.25, -0.2) is 0 Å². The molecule has 0 aliphatic rings. The molecule has 5 heteroatoms. The van der Waals surface area contributed by atoms with Gasteiger partial charge in [-0.05, 0) is 120 Å². The van der Waals surface area contributed by atoms with Gasteiger partial charge in [0.2, 0.25) is 0 Å². The van der Waals surface area contributed by atoms with Crippen LogP contribution in [-0.2, 0) is 0 Å². The van der Waals surface area contributed by atoms with Crippen molar-refractivity contribution >= 4 is 59.0 Å². The Labute approximate surface area is 197 Å². The predicted molar refractivity (Wildman–Crippen MR) is 139 cm³/mol. The summed E-state index contributed by atoms with van der Waals surface area (Å²) in [6.07, 6.45) is 0. The lowest BCUT2D eigenvalue weighted by molar-refractivity contribution is -0.00296. The van der Waals surface area contributed by atoms with Crippen molar-refractivity contribution in [1.82, 2.24) is 0 Å². The van der Waals surface area contributed by atoms with Gasteiger partial charge >= 0.3 is 5.71 Å². The van der Waals surface area contributed by atoms with E-state index < -0.39 is 8.07 Å². The number of nitrogens with zero attached hydrogens (tertiary/aromatic N) is 2. The van der Waals surface area contributed by atoms with Crippen LogP contribution in [0.5, 0.6) is 0 Å². The van der Waals surface area contributed by atoms with E-state index in [9.17, 15) is 5.53 Å². The van der Waals surface area contributed by atoms with Crippen molar-refractivity contribution in [3.63, 3.8) is 0 Å². The third-order valence-electron chi connectivity index (χ3n) is 4.76. The highest BCUT2D eigenvalue weighted by Gasteiger charge is 2.27. The molecule has 2 aromatic rings. The Bertz CT molecular complexity index is 1020. The summed E-state index contributed by atoms with van der Waals surface area (Å²) in [4.78, 5) is 3.78. The van der Waals surface area contributed by atoms with E-state index in [2.05, 4.69) is 128 Å². The van der Waals surface area contributed by atoms with Crippen molar-refractivity contribution in [2.75, 3.05) is 0 Å². The monoisotopic (exact) mass is 612 g/mol. The maximum Gasteiger partial charge on any atom is 0.330 e. The van der Waals surface area contributed by atoms with Gasteiger partial charge in [-0.2, -0.15) is 4.79 Å². The SMILES string of the molecule is Cc1cc(C#C[Si](C)(C)C)cc(C)c1C(=[N+]=[N-])c1c(C)c(I)c(C)c(I)c1C. The third kappa shape index (κ3) is 4.78. The van der Waals surface area contributed by atoms with Crippen molar-refractivity contribution in [3.05, 3.63) is 69.3 Å². The zero-order valence-electron chi connectivity index (χ0n) is 17.8. The van der Waals surface area contributed by atoms with Crippen LogP contribution in [0.1, 0.15) is 44.5 Å². The van der Waals surface area contributed by atoms with E-state index in [4.69, 9.17) is 0 Å². The largest absolute Gasteiger partial charge is 0.361 e. The molecule has 2 rings (SSSR count). The summed E-state index contributed by atoms with van der Waals surface area (Å²) in [5, 5.41) is 0. The molecule has 0 aliphatic heterocycles. The lowest BCUT2D eigenvalue weighted by Gasteiger charge is -2.16. The fraction of sp³-hybridized carbons (Fsp3) is 0.348. The molecule has 0 amide bonds. The summed E-state index contributed by atoms with van der Waals surface area (Å²) in [5.41, 5.74) is 22.9. The normalized spacial score (nSPS) is 10.9. The van der Waals surface area contributed by atoms with E-state index in [1.807, 2.05) is 0 Å². The van der Waals surface area contributed by atoms with Gasteiger partial charge in [0.05, 0.1) is 11.1 Å². The molecule has 0 N–H and O–H groups in total. The van der Waals surface area contributed by atoms with E-state index >= 15 is 0 Å². The summed E-state index contributed by atoms with van der Waals surface area (Å²) >= 11 is 4.78. The highest BCUT2D eigenvalue weighted by Crippen LogP contribution is 2.32. The molecule has 0 aromatic heterocycles. The minimum Gasteiger partial charge on any atom is -0.361 e. The first-order chi connectivity index (χ1) is 12.9. The molecule has 2 nitrogen and oxygen atoms in total. The van der Waals surface area contributed by atoms with Gasteiger partial charge in [0.25, 0.3) is 0 Å². The molecule has 0 heterocycles. The molecular weight excluding hydrogens is 586 g/mol. The first-order valence-electron chi connectivity index (χ1n) is 9.21. The molecule has 0 fully saturated rings. The fourth-order valence-electron chi connectivity index (χ4n) is 3.41. The average molecular weight is 612 g/mol. The number of benzene rings is 2. The zero-order chi connectivity index (χ0) is 21.4. The van der Waals surface area contributed by atoms with Gasteiger partial charge in [-0.15, -0.1) is 5.54 Å². The zero-order valence-corrected chi connectivity index (χ0v) is 23.1. The summed E-state index contributed by atoms with van der Waals surface area (Å²) in [6.45, 7) is 17.2. The molecular formula is C23H26I2N2Si. The smallest absolute Gasteiger partial charge is 0.330 e. The molecule has 0 spiro atoms. The number of hydrogen-bond acceptors (Lipinski definition) is 0. The van der Waals surface area contributed by atoms with Crippen molar-refractivity contribution in [2.24, 2.45) is 0 Å². The van der Waals surface area contributed by atoms with E-state index in [1.54, 1.807) is 0 Å². The van der Waals surface area contributed by atoms with Gasteiger partial charge in [0.1, 0.15) is 8.07 Å². The number of aryl methyl sites for hydroxylation is 2. The molecule has 0 radical (unpaired) electrons. The van der Waals surface area contributed by atoms with Gasteiger partial charge in [-0.1, -0.05) is 25.6 Å². The molecule has 0 atom stereocenters. The Kier molecular flexibility index (Phi) is 7.35. The predicted octanol–water partition coefficient (Wildman–Crippen LogP) is 6.73. The van der Waals surface area contributed by atoms with E-state index in [0.717, 1.165) is 38.9 Å². The highest BCUT2D eigenvalue weighted by atomic mass is 127. The van der Waals surface area contributed by atoms with Crippen LogP contribution in [0.4, 0.5) is 0 Å². The van der Waals surface area contributed by atoms with Crippen LogP contribution in [-0.4, -0.2) is 18.6 Å². The second-order valence-corrected chi connectivity index (χ2v) is 15.2. The number of rotatable bonds is 2. The minimum absolute atomic E-state index is 0.644. The van der Waals surface area contributed by atoms with Crippen LogP contribution in [0.15, 0.2) is 12.1 Å². The second-order valence-electron chi connectivity index (χ2n) is 8.31. The Morgan fingerprint density at radius 3 is 1.71 bits per heavy atom. The maximum absolute atomic E-state index is 10.0. The van der Waals surface area contributed by atoms with Crippen LogP contribution in [0.2, 0.25) is 19.6 Å². The van der Waals surface area contributed by atoms with Gasteiger partial charge in [-0.3, -0.25) is 0 Å². The van der Waals surface area contributed by atoms with Crippen LogP contribution in [0, 0.1) is 53.2 Å². The van der Waals surface area contributed by atoms with Crippen LogP contribution < -0.4 is 0 Å². The summed E-state index contributed by atoms with van der Waals surface area (Å²) in [5.74, 6) is 3.35. The molecule has 0 aliphatic carbocycles. The Morgan fingerprint density at radius 1 is 0.857 bits per heavy atom. The van der Waals surface area contributed by atoms with Gasteiger partial charge in [0, 0.05) is 12.7 Å². The number of halogens is 2. The third-order valence-corrected chi connectivity index (χ3v) is 8.87. The molecule has 2 aromatic carbocycles. The number of hydrogen-bond donors (Lipinski definition) is 0. The molecule has 0 saturated carbocycles. The molecule has 146 valence electrons. The van der Waals surface area contributed by atoms with Crippen molar-refractivity contribution in [2.45, 2.75) is 54.3 Å². The fourth-order valence-corrected chi connectivity index (χ4v) is 5.52. The first kappa shape index (κ1) is 23.3. The maximum atomic E-state index is 10.0. The minimum atomic E-state index is -1.43. The molecule has 0 bridgehead atoms. The first-order valence-corrected chi connectivity index (χ1v) is 14.9. The average Bonchev–Trinajstić information content (AvgIpc) is 2.60.